The van der Waals surface area contributed by atoms with E-state index in [0.29, 0.717) is 6.42 Å². The van der Waals surface area contributed by atoms with E-state index < -0.39 is 33.4 Å². The highest BCUT2D eigenvalue weighted by Crippen LogP contribution is 2.31. The van der Waals surface area contributed by atoms with Gasteiger partial charge in [0.1, 0.15) is 0 Å². The number of rotatable bonds is 3. The van der Waals surface area contributed by atoms with Gasteiger partial charge in [-0.1, -0.05) is 0 Å². The normalized spacial score (nSPS) is 25.1. The van der Waals surface area contributed by atoms with Crippen LogP contribution in [0.15, 0.2) is 0 Å². The lowest BCUT2D eigenvalue weighted by Gasteiger charge is -2.17. The fourth-order valence-electron chi connectivity index (χ4n) is 1.61. The van der Waals surface area contributed by atoms with Gasteiger partial charge in [-0.05, 0) is 12.8 Å². The maximum atomic E-state index is 13.1. The molecule has 1 aliphatic rings. The Morgan fingerprint density at radius 1 is 1.53 bits per heavy atom. The van der Waals surface area contributed by atoms with Crippen LogP contribution < -0.4 is 0 Å². The lowest BCUT2D eigenvalue weighted by atomic mass is 10.1. The van der Waals surface area contributed by atoms with Crippen LogP contribution in [0.25, 0.3) is 0 Å². The van der Waals surface area contributed by atoms with E-state index in [2.05, 4.69) is 4.74 Å². The molecule has 0 aromatic carbocycles. The Morgan fingerprint density at radius 2 is 2.13 bits per heavy atom. The van der Waals surface area contributed by atoms with Gasteiger partial charge < -0.3 is 4.74 Å². The van der Waals surface area contributed by atoms with Crippen molar-refractivity contribution in [3.8, 4) is 0 Å². The molecule has 4 nitrogen and oxygen atoms in total. The molecule has 1 rings (SSSR count). The molecule has 0 saturated carbocycles. The number of halogens is 2. The zero-order valence-corrected chi connectivity index (χ0v) is 9.02. The summed E-state index contributed by atoms with van der Waals surface area (Å²) in [5, 5.41) is -1.12. The smallest absolute Gasteiger partial charge is 0.376 e. The van der Waals surface area contributed by atoms with Crippen LogP contribution in [0.3, 0.4) is 0 Å². The van der Waals surface area contributed by atoms with Gasteiger partial charge in [0, 0.05) is 6.42 Å². The van der Waals surface area contributed by atoms with E-state index in [1.165, 1.54) is 0 Å². The predicted octanol–water partition coefficient (Wildman–Crippen LogP) is 0.762. The summed E-state index contributed by atoms with van der Waals surface area (Å²) in [7, 11) is -2.60. The van der Waals surface area contributed by atoms with Crippen LogP contribution in [-0.2, 0) is 19.4 Å². The molecule has 1 atom stereocenters. The molecular weight excluding hydrogens is 230 g/mol. The van der Waals surface area contributed by atoms with Gasteiger partial charge in [0.25, 0.3) is 0 Å². The van der Waals surface area contributed by atoms with Crippen molar-refractivity contribution >= 4 is 15.8 Å². The van der Waals surface area contributed by atoms with Gasteiger partial charge in [-0.2, -0.15) is 8.78 Å². The van der Waals surface area contributed by atoms with Gasteiger partial charge in [-0.3, -0.25) is 0 Å². The molecule has 0 radical (unpaired) electrons. The largest absolute Gasteiger partial charge is 0.465 e. The summed E-state index contributed by atoms with van der Waals surface area (Å²) in [5.41, 5.74) is 0. The van der Waals surface area contributed by atoms with Crippen LogP contribution in [0.5, 0.6) is 0 Å². The van der Waals surface area contributed by atoms with Crippen molar-refractivity contribution in [3.05, 3.63) is 0 Å². The summed E-state index contributed by atoms with van der Waals surface area (Å²) in [5.74, 6) is -5.46. The topological polar surface area (TPSA) is 60.4 Å². The molecule has 0 amide bonds. The van der Waals surface area contributed by atoms with E-state index in [-0.39, 0.29) is 12.2 Å². The summed E-state index contributed by atoms with van der Waals surface area (Å²) in [6.07, 6.45) is -0.402. The van der Waals surface area contributed by atoms with Crippen LogP contribution >= 0.6 is 0 Å². The lowest BCUT2D eigenvalue weighted by molar-refractivity contribution is -0.169. The molecule has 0 bridgehead atoms. The first kappa shape index (κ1) is 12.4. The van der Waals surface area contributed by atoms with Gasteiger partial charge in [0.15, 0.2) is 9.84 Å². The molecule has 1 unspecified atom stereocenters. The van der Waals surface area contributed by atoms with E-state index in [1.54, 1.807) is 0 Å². The fraction of sp³-hybridized carbons (Fsp3) is 0.875. The van der Waals surface area contributed by atoms with Crippen molar-refractivity contribution in [2.75, 3.05) is 12.9 Å². The van der Waals surface area contributed by atoms with Crippen molar-refractivity contribution < 1.29 is 26.7 Å². The van der Waals surface area contributed by atoms with Crippen LogP contribution in [0.2, 0.25) is 0 Å². The monoisotopic (exact) mass is 242 g/mol. The Bertz CT molecular complexity index is 350. The quantitative estimate of drug-likeness (QED) is 0.685. The highest BCUT2D eigenvalue weighted by molar-refractivity contribution is 7.92. The second-order valence-corrected chi connectivity index (χ2v) is 5.93. The maximum Gasteiger partial charge on any atom is 0.376 e. The Balaban J connectivity index is 2.74. The molecule has 0 N–H and O–H groups in total. The summed E-state index contributed by atoms with van der Waals surface area (Å²) in [6.45, 7) is 0. The van der Waals surface area contributed by atoms with Crippen molar-refractivity contribution in [1.82, 2.24) is 0 Å². The predicted molar refractivity (Wildman–Crippen MR) is 48.4 cm³/mol. The number of hydrogen-bond acceptors (Lipinski definition) is 4. The number of ether oxygens (including phenoxy) is 1. The van der Waals surface area contributed by atoms with Gasteiger partial charge in [-0.25, -0.2) is 13.2 Å². The first-order valence-electron chi connectivity index (χ1n) is 4.47. The maximum absolute atomic E-state index is 13.1. The Morgan fingerprint density at radius 3 is 2.53 bits per heavy atom. The lowest BCUT2D eigenvalue weighted by Crippen LogP contribution is -2.35. The number of carbonyl (C=O) groups excluding carboxylic acids is 1. The number of esters is 1. The number of hydrogen-bond donors (Lipinski definition) is 0. The van der Waals surface area contributed by atoms with E-state index in [1.807, 2.05) is 0 Å². The molecule has 0 spiro atoms. The van der Waals surface area contributed by atoms with Crippen molar-refractivity contribution in [2.45, 2.75) is 30.4 Å². The van der Waals surface area contributed by atoms with Gasteiger partial charge >= 0.3 is 11.9 Å². The number of alkyl halides is 2. The van der Waals surface area contributed by atoms with Crippen molar-refractivity contribution in [3.63, 3.8) is 0 Å². The molecule has 88 valence electrons. The Labute approximate surface area is 86.5 Å². The first-order valence-corrected chi connectivity index (χ1v) is 6.19. The van der Waals surface area contributed by atoms with Crippen molar-refractivity contribution in [2.24, 2.45) is 0 Å². The summed E-state index contributed by atoms with van der Waals surface area (Å²) in [6, 6.07) is 0. The molecule has 1 aliphatic heterocycles. The minimum atomic E-state index is -3.71. The minimum Gasteiger partial charge on any atom is -0.465 e. The van der Waals surface area contributed by atoms with E-state index in [0.717, 1.165) is 7.11 Å². The highest BCUT2D eigenvalue weighted by Gasteiger charge is 2.46. The molecule has 0 aromatic heterocycles. The summed E-state index contributed by atoms with van der Waals surface area (Å²) in [4.78, 5) is 10.7. The van der Waals surface area contributed by atoms with Gasteiger partial charge in [0.05, 0.1) is 18.1 Å². The van der Waals surface area contributed by atoms with Crippen LogP contribution in [0.4, 0.5) is 8.78 Å². The second kappa shape index (κ2) is 4.03. The number of sulfone groups is 1. The van der Waals surface area contributed by atoms with Crippen LogP contribution in [0, 0.1) is 0 Å². The third kappa shape index (κ3) is 2.64. The highest BCUT2D eigenvalue weighted by atomic mass is 32.2. The third-order valence-electron chi connectivity index (χ3n) is 2.43. The second-order valence-electron chi connectivity index (χ2n) is 3.53. The van der Waals surface area contributed by atoms with E-state index >= 15 is 0 Å². The molecular formula is C8H12F2O4S. The summed E-state index contributed by atoms with van der Waals surface area (Å²) >= 11 is 0. The standard InChI is InChI=1S/C8H12F2O4S/c1-14-7(11)8(9,10)5-6-3-2-4-15(6,12)13/h6H,2-5H2,1H3. The SMILES string of the molecule is COC(=O)C(F)(F)CC1CCCS1(=O)=O. The van der Waals surface area contributed by atoms with Gasteiger partial charge in [0.2, 0.25) is 0 Å². The van der Waals surface area contributed by atoms with Gasteiger partial charge in [-0.15, -0.1) is 0 Å². The minimum absolute atomic E-state index is 0.0745. The van der Waals surface area contributed by atoms with Crippen LogP contribution in [0.1, 0.15) is 19.3 Å². The van der Waals surface area contributed by atoms with E-state index in [4.69, 9.17) is 0 Å². The molecule has 1 fully saturated rings. The Kier molecular flexibility index (Phi) is 3.32. The molecule has 7 heteroatoms. The zero-order chi connectivity index (χ0) is 11.7. The molecule has 0 aliphatic carbocycles. The average molecular weight is 242 g/mol. The van der Waals surface area contributed by atoms with E-state index in [9.17, 15) is 22.0 Å². The molecule has 1 saturated heterocycles. The number of carbonyl (C=O) groups is 1. The van der Waals surface area contributed by atoms with Crippen LogP contribution in [-0.4, -0.2) is 38.4 Å². The fourth-order valence-corrected chi connectivity index (χ4v) is 3.50. The average Bonchev–Trinajstić information content (AvgIpc) is 2.44. The third-order valence-corrected chi connectivity index (χ3v) is 4.71. The molecule has 1 heterocycles. The number of methoxy groups -OCH3 is 1. The molecule has 0 aromatic rings. The molecule has 15 heavy (non-hydrogen) atoms. The Hall–Kier alpha value is -0.720. The van der Waals surface area contributed by atoms with Crippen molar-refractivity contribution in [1.29, 1.82) is 0 Å². The first-order chi connectivity index (χ1) is 6.79. The zero-order valence-electron chi connectivity index (χ0n) is 8.20. The summed E-state index contributed by atoms with van der Waals surface area (Å²) < 4.78 is 52.6.